The molecular formula is C15H16FN3O2. The van der Waals surface area contributed by atoms with E-state index in [0.717, 1.165) is 0 Å². The Hall–Kier alpha value is -2.47. The van der Waals surface area contributed by atoms with Crippen LogP contribution in [0.5, 0.6) is 0 Å². The molecule has 6 heteroatoms. The molecule has 2 aromatic rings. The van der Waals surface area contributed by atoms with E-state index in [9.17, 15) is 9.18 Å². The molecule has 0 spiro atoms. The van der Waals surface area contributed by atoms with Crippen LogP contribution in [0.3, 0.4) is 0 Å². The number of pyridine rings is 1. The molecule has 0 atom stereocenters. The number of hydrogen-bond acceptors (Lipinski definition) is 4. The van der Waals surface area contributed by atoms with Crippen molar-refractivity contribution in [1.29, 1.82) is 0 Å². The third kappa shape index (κ3) is 4.54. The van der Waals surface area contributed by atoms with Crippen molar-refractivity contribution in [2.45, 2.75) is 6.42 Å². The van der Waals surface area contributed by atoms with E-state index in [1.807, 2.05) is 0 Å². The highest BCUT2D eigenvalue weighted by Gasteiger charge is 2.07. The maximum Gasteiger partial charge on any atom is 0.255 e. The van der Waals surface area contributed by atoms with Crippen molar-refractivity contribution in [3.63, 3.8) is 0 Å². The lowest BCUT2D eigenvalue weighted by molar-refractivity contribution is 0.102. The molecule has 0 fully saturated rings. The van der Waals surface area contributed by atoms with Gasteiger partial charge in [-0.1, -0.05) is 6.07 Å². The van der Waals surface area contributed by atoms with Gasteiger partial charge < -0.3 is 15.7 Å². The van der Waals surface area contributed by atoms with E-state index < -0.39 is 11.7 Å². The van der Waals surface area contributed by atoms with Crippen molar-refractivity contribution in [1.82, 2.24) is 4.98 Å². The number of aromatic nitrogens is 1. The van der Waals surface area contributed by atoms with Crippen LogP contribution < -0.4 is 10.6 Å². The van der Waals surface area contributed by atoms with Gasteiger partial charge in [0.05, 0.1) is 11.9 Å². The van der Waals surface area contributed by atoms with E-state index in [1.54, 1.807) is 12.1 Å². The van der Waals surface area contributed by atoms with Gasteiger partial charge in [-0.3, -0.25) is 4.79 Å². The van der Waals surface area contributed by atoms with Crippen molar-refractivity contribution in [3.05, 3.63) is 54.0 Å². The van der Waals surface area contributed by atoms with Gasteiger partial charge in [0, 0.05) is 18.7 Å². The lowest BCUT2D eigenvalue weighted by Gasteiger charge is -2.07. The summed E-state index contributed by atoms with van der Waals surface area (Å²) in [5.41, 5.74) is 0.775. The van der Waals surface area contributed by atoms with Crippen LogP contribution in [0.1, 0.15) is 16.8 Å². The number of benzene rings is 1. The topological polar surface area (TPSA) is 74.2 Å². The first-order chi connectivity index (χ1) is 10.2. The van der Waals surface area contributed by atoms with E-state index in [-0.39, 0.29) is 12.2 Å². The maximum atomic E-state index is 13.0. The summed E-state index contributed by atoms with van der Waals surface area (Å²) >= 11 is 0. The average Bonchev–Trinajstić information content (AvgIpc) is 2.49. The third-order valence-electron chi connectivity index (χ3n) is 2.75. The number of halogens is 1. The van der Waals surface area contributed by atoms with Crippen molar-refractivity contribution < 1.29 is 14.3 Å². The molecule has 0 aliphatic heterocycles. The summed E-state index contributed by atoms with van der Waals surface area (Å²) in [7, 11) is 0. The lowest BCUT2D eigenvalue weighted by Crippen LogP contribution is -2.12. The van der Waals surface area contributed by atoms with E-state index >= 15 is 0 Å². The Morgan fingerprint density at radius 3 is 2.81 bits per heavy atom. The molecule has 1 aromatic carbocycles. The molecular weight excluding hydrogens is 273 g/mol. The van der Waals surface area contributed by atoms with Gasteiger partial charge in [0.1, 0.15) is 11.6 Å². The zero-order valence-corrected chi connectivity index (χ0v) is 11.3. The van der Waals surface area contributed by atoms with Crippen LogP contribution in [0.15, 0.2) is 42.6 Å². The number of aliphatic hydroxyl groups is 1. The Balaban J connectivity index is 1.95. The van der Waals surface area contributed by atoms with Crippen LogP contribution in [-0.2, 0) is 0 Å². The van der Waals surface area contributed by atoms with Gasteiger partial charge in [-0.2, -0.15) is 0 Å². The third-order valence-corrected chi connectivity index (χ3v) is 2.75. The summed E-state index contributed by atoms with van der Waals surface area (Å²) in [6.45, 7) is 0.743. The van der Waals surface area contributed by atoms with Crippen molar-refractivity contribution in [2.24, 2.45) is 0 Å². The Morgan fingerprint density at radius 1 is 1.29 bits per heavy atom. The monoisotopic (exact) mass is 289 g/mol. The summed E-state index contributed by atoms with van der Waals surface area (Å²) in [5, 5.41) is 14.4. The number of hydrogen-bond donors (Lipinski definition) is 3. The summed E-state index contributed by atoms with van der Waals surface area (Å²) in [5.74, 6) is -0.186. The van der Waals surface area contributed by atoms with Gasteiger partial charge in [-0.15, -0.1) is 0 Å². The number of nitrogens with zero attached hydrogens (tertiary/aromatic N) is 1. The molecule has 0 bridgehead atoms. The molecule has 3 N–H and O–H groups in total. The van der Waals surface area contributed by atoms with Crippen LogP contribution >= 0.6 is 0 Å². The summed E-state index contributed by atoms with van der Waals surface area (Å²) in [4.78, 5) is 16.0. The van der Waals surface area contributed by atoms with E-state index in [0.29, 0.717) is 24.5 Å². The van der Waals surface area contributed by atoms with Crippen molar-refractivity contribution in [3.8, 4) is 0 Å². The number of nitrogens with one attached hydrogen (secondary N) is 2. The largest absolute Gasteiger partial charge is 0.396 e. The van der Waals surface area contributed by atoms with Gasteiger partial charge in [0.2, 0.25) is 0 Å². The van der Waals surface area contributed by atoms with Gasteiger partial charge in [0.15, 0.2) is 0 Å². The minimum absolute atomic E-state index is 0.120. The second kappa shape index (κ2) is 7.35. The predicted octanol–water partition coefficient (Wildman–Crippen LogP) is 2.27. The highest BCUT2D eigenvalue weighted by atomic mass is 19.1. The summed E-state index contributed by atoms with van der Waals surface area (Å²) in [6.07, 6.45) is 2.15. The quantitative estimate of drug-likeness (QED) is 0.713. The second-order valence-electron chi connectivity index (χ2n) is 4.40. The van der Waals surface area contributed by atoms with Gasteiger partial charge in [-0.25, -0.2) is 9.37 Å². The molecule has 21 heavy (non-hydrogen) atoms. The Kier molecular flexibility index (Phi) is 5.22. The Morgan fingerprint density at radius 2 is 2.14 bits per heavy atom. The molecule has 110 valence electrons. The number of aliphatic hydroxyl groups excluding tert-OH is 1. The average molecular weight is 289 g/mol. The first-order valence-corrected chi connectivity index (χ1v) is 6.57. The maximum absolute atomic E-state index is 13.0. The Bertz CT molecular complexity index is 602. The molecule has 0 saturated heterocycles. The van der Waals surface area contributed by atoms with Gasteiger partial charge in [0.25, 0.3) is 5.91 Å². The normalized spacial score (nSPS) is 10.2. The molecule has 0 aliphatic carbocycles. The molecule has 2 rings (SSSR count). The van der Waals surface area contributed by atoms with Gasteiger partial charge >= 0.3 is 0 Å². The fourth-order valence-electron chi connectivity index (χ4n) is 1.70. The molecule has 0 radical (unpaired) electrons. The highest BCUT2D eigenvalue weighted by Crippen LogP contribution is 2.12. The van der Waals surface area contributed by atoms with E-state index in [2.05, 4.69) is 15.6 Å². The zero-order chi connectivity index (χ0) is 15.1. The molecule has 1 heterocycles. The first kappa shape index (κ1) is 14.9. The molecule has 0 saturated carbocycles. The highest BCUT2D eigenvalue weighted by molar-refractivity contribution is 6.04. The smallest absolute Gasteiger partial charge is 0.255 e. The number of amides is 1. The number of rotatable bonds is 6. The minimum atomic E-state index is -0.454. The van der Waals surface area contributed by atoms with Crippen LogP contribution in [-0.4, -0.2) is 29.1 Å². The Labute approximate surface area is 121 Å². The molecule has 0 unspecified atom stereocenters. The predicted molar refractivity (Wildman–Crippen MR) is 78.8 cm³/mol. The van der Waals surface area contributed by atoms with Crippen LogP contribution in [0.25, 0.3) is 0 Å². The van der Waals surface area contributed by atoms with Crippen LogP contribution in [0.4, 0.5) is 15.9 Å². The van der Waals surface area contributed by atoms with E-state index in [1.165, 1.54) is 30.5 Å². The molecule has 0 aliphatic rings. The number of carbonyl (C=O) groups is 1. The standard InChI is InChI=1S/C15H16FN3O2/c16-12-4-1-3-11(9-12)15(21)19-13-5-6-14(18-10-13)17-7-2-8-20/h1,3-6,9-10,20H,2,7-8H2,(H,17,18)(H,19,21). The van der Waals surface area contributed by atoms with Crippen LogP contribution in [0.2, 0.25) is 0 Å². The van der Waals surface area contributed by atoms with Crippen molar-refractivity contribution in [2.75, 3.05) is 23.8 Å². The molecule has 1 aromatic heterocycles. The second-order valence-corrected chi connectivity index (χ2v) is 4.40. The molecule has 1 amide bonds. The summed E-state index contributed by atoms with van der Waals surface area (Å²) < 4.78 is 13.0. The van der Waals surface area contributed by atoms with Gasteiger partial charge in [-0.05, 0) is 36.8 Å². The SMILES string of the molecule is O=C(Nc1ccc(NCCCO)nc1)c1cccc(F)c1. The number of carbonyl (C=O) groups excluding carboxylic acids is 1. The first-order valence-electron chi connectivity index (χ1n) is 6.57. The van der Waals surface area contributed by atoms with E-state index in [4.69, 9.17) is 5.11 Å². The fourth-order valence-corrected chi connectivity index (χ4v) is 1.70. The molecule has 5 nitrogen and oxygen atoms in total. The minimum Gasteiger partial charge on any atom is -0.396 e. The summed E-state index contributed by atoms with van der Waals surface area (Å²) in [6, 6.07) is 8.90. The van der Waals surface area contributed by atoms with Crippen LogP contribution in [0, 0.1) is 5.82 Å². The lowest BCUT2D eigenvalue weighted by atomic mass is 10.2. The van der Waals surface area contributed by atoms with Crippen molar-refractivity contribution >= 4 is 17.4 Å². The zero-order valence-electron chi connectivity index (χ0n) is 11.3. The fraction of sp³-hybridized carbons (Fsp3) is 0.200. The number of anilines is 2.